The van der Waals surface area contributed by atoms with E-state index >= 15 is 0 Å². The first-order chi connectivity index (χ1) is 15.7. The number of rotatable bonds is 5. The molecule has 1 aliphatic heterocycles. The number of nitrogens with one attached hydrogen (secondary N) is 1. The number of nitrogens with zero attached hydrogens (tertiary/aromatic N) is 4. The lowest BCUT2D eigenvalue weighted by atomic mass is 9.96. The molecule has 2 aromatic carbocycles. The van der Waals surface area contributed by atoms with E-state index < -0.39 is 0 Å². The predicted octanol–water partition coefficient (Wildman–Crippen LogP) is 4.41. The summed E-state index contributed by atoms with van der Waals surface area (Å²) in [6, 6.07) is 18.3. The van der Waals surface area contributed by atoms with Crippen LogP contribution in [-0.2, 0) is 11.3 Å². The van der Waals surface area contributed by atoms with Gasteiger partial charge in [-0.15, -0.1) is 0 Å². The minimum absolute atomic E-state index is 0.00317. The first-order valence-electron chi connectivity index (χ1n) is 10.8. The topological polar surface area (TPSA) is 63.1 Å². The summed E-state index contributed by atoms with van der Waals surface area (Å²) in [4.78, 5) is 24.0. The Morgan fingerprint density at radius 3 is 2.84 bits per heavy atom. The minimum atomic E-state index is -0.228. The molecule has 3 heterocycles. The third-order valence-electron chi connectivity index (χ3n) is 5.89. The quantitative estimate of drug-likeness (QED) is 0.510. The molecule has 0 bridgehead atoms. The number of halogens is 1. The van der Waals surface area contributed by atoms with Crippen LogP contribution in [0, 0.1) is 11.7 Å². The SMILES string of the molecule is O=C(Nc1ccc(-n2cnc3ccccc32)nc1)C1CCCN(Cc2cccc(F)c2)C1. The molecule has 0 spiro atoms. The summed E-state index contributed by atoms with van der Waals surface area (Å²) in [5.74, 6) is 0.412. The van der Waals surface area contributed by atoms with Crippen molar-refractivity contribution in [3.05, 3.63) is 84.6 Å². The van der Waals surface area contributed by atoms with Crippen molar-refractivity contribution in [2.45, 2.75) is 19.4 Å². The molecule has 1 atom stereocenters. The summed E-state index contributed by atoms with van der Waals surface area (Å²) in [6.07, 6.45) is 5.21. The van der Waals surface area contributed by atoms with Gasteiger partial charge in [-0.2, -0.15) is 0 Å². The van der Waals surface area contributed by atoms with Crippen molar-refractivity contribution in [2.75, 3.05) is 18.4 Å². The lowest BCUT2D eigenvalue weighted by molar-refractivity contribution is -0.121. The highest BCUT2D eigenvalue weighted by Gasteiger charge is 2.26. The molecule has 7 heteroatoms. The molecule has 1 N–H and O–H groups in total. The number of pyridine rings is 1. The molecule has 5 rings (SSSR count). The molecule has 2 aromatic heterocycles. The fourth-order valence-electron chi connectivity index (χ4n) is 4.30. The van der Waals surface area contributed by atoms with Gasteiger partial charge in [-0.05, 0) is 61.3 Å². The van der Waals surface area contributed by atoms with E-state index in [0.717, 1.165) is 41.8 Å². The number of fused-ring (bicyclic) bond motifs is 1. The number of carbonyl (C=O) groups is 1. The number of carbonyl (C=O) groups excluding carboxylic acids is 1. The monoisotopic (exact) mass is 429 g/mol. The van der Waals surface area contributed by atoms with Crippen LogP contribution in [0.3, 0.4) is 0 Å². The first-order valence-corrected chi connectivity index (χ1v) is 10.8. The number of para-hydroxylation sites is 2. The number of anilines is 1. The largest absolute Gasteiger partial charge is 0.324 e. The van der Waals surface area contributed by atoms with Gasteiger partial charge in [-0.25, -0.2) is 14.4 Å². The molecule has 1 fully saturated rings. The van der Waals surface area contributed by atoms with Gasteiger partial charge in [-0.3, -0.25) is 14.3 Å². The summed E-state index contributed by atoms with van der Waals surface area (Å²) in [7, 11) is 0. The van der Waals surface area contributed by atoms with Crippen molar-refractivity contribution in [3.63, 3.8) is 0 Å². The van der Waals surface area contributed by atoms with E-state index in [0.29, 0.717) is 18.8 Å². The normalized spacial score (nSPS) is 16.8. The molecular formula is C25H24FN5O. The third kappa shape index (κ3) is 4.38. The number of hydrogen-bond donors (Lipinski definition) is 1. The van der Waals surface area contributed by atoms with Gasteiger partial charge in [-0.1, -0.05) is 24.3 Å². The lowest BCUT2D eigenvalue weighted by Crippen LogP contribution is -2.40. The molecule has 6 nitrogen and oxygen atoms in total. The number of amides is 1. The van der Waals surface area contributed by atoms with E-state index in [4.69, 9.17) is 0 Å². The molecule has 32 heavy (non-hydrogen) atoms. The van der Waals surface area contributed by atoms with Gasteiger partial charge in [0.1, 0.15) is 18.0 Å². The Hall–Kier alpha value is -3.58. The van der Waals surface area contributed by atoms with E-state index in [1.54, 1.807) is 24.7 Å². The molecule has 162 valence electrons. The van der Waals surface area contributed by atoms with Gasteiger partial charge in [0, 0.05) is 13.1 Å². The zero-order valence-electron chi connectivity index (χ0n) is 17.6. The summed E-state index contributed by atoms with van der Waals surface area (Å²) in [5.41, 5.74) is 3.49. The van der Waals surface area contributed by atoms with Crippen molar-refractivity contribution in [2.24, 2.45) is 5.92 Å². The highest BCUT2D eigenvalue weighted by Crippen LogP contribution is 2.22. The molecule has 1 saturated heterocycles. The predicted molar refractivity (Wildman–Crippen MR) is 122 cm³/mol. The maximum absolute atomic E-state index is 13.5. The summed E-state index contributed by atoms with van der Waals surface area (Å²) in [6.45, 7) is 2.22. The van der Waals surface area contributed by atoms with Gasteiger partial charge in [0.2, 0.25) is 5.91 Å². The molecule has 0 aliphatic carbocycles. The fourth-order valence-corrected chi connectivity index (χ4v) is 4.30. The smallest absolute Gasteiger partial charge is 0.228 e. The van der Waals surface area contributed by atoms with Crippen molar-refractivity contribution in [1.82, 2.24) is 19.4 Å². The van der Waals surface area contributed by atoms with Gasteiger partial charge in [0.15, 0.2) is 0 Å². The van der Waals surface area contributed by atoms with Crippen LogP contribution < -0.4 is 5.32 Å². The van der Waals surface area contributed by atoms with E-state index in [-0.39, 0.29) is 17.6 Å². The van der Waals surface area contributed by atoms with Crippen LogP contribution in [0.4, 0.5) is 10.1 Å². The molecule has 0 radical (unpaired) electrons. The van der Waals surface area contributed by atoms with E-state index in [2.05, 4.69) is 20.2 Å². The van der Waals surface area contributed by atoms with Crippen molar-refractivity contribution in [3.8, 4) is 5.82 Å². The number of aromatic nitrogens is 3. The highest BCUT2D eigenvalue weighted by molar-refractivity contribution is 5.92. The highest BCUT2D eigenvalue weighted by atomic mass is 19.1. The summed E-state index contributed by atoms with van der Waals surface area (Å²) in [5, 5.41) is 3.00. The van der Waals surface area contributed by atoms with Crippen molar-refractivity contribution >= 4 is 22.6 Å². The molecule has 1 unspecified atom stereocenters. The Morgan fingerprint density at radius 2 is 2.00 bits per heavy atom. The maximum atomic E-state index is 13.5. The summed E-state index contributed by atoms with van der Waals surface area (Å²) >= 11 is 0. The minimum Gasteiger partial charge on any atom is -0.324 e. The lowest BCUT2D eigenvalue weighted by Gasteiger charge is -2.32. The van der Waals surface area contributed by atoms with Crippen LogP contribution in [0.2, 0.25) is 0 Å². The molecule has 4 aromatic rings. The van der Waals surface area contributed by atoms with Crippen LogP contribution in [0.15, 0.2) is 73.2 Å². The van der Waals surface area contributed by atoms with E-state index in [9.17, 15) is 9.18 Å². The number of likely N-dealkylation sites (tertiary alicyclic amines) is 1. The number of benzene rings is 2. The Balaban J connectivity index is 1.22. The average molecular weight is 429 g/mol. The van der Waals surface area contributed by atoms with E-state index in [1.165, 1.54) is 6.07 Å². The Bertz CT molecular complexity index is 1240. The molecule has 1 amide bonds. The molecular weight excluding hydrogens is 405 g/mol. The molecule has 0 saturated carbocycles. The number of hydrogen-bond acceptors (Lipinski definition) is 4. The first kappa shape index (κ1) is 20.3. The maximum Gasteiger partial charge on any atom is 0.228 e. The van der Waals surface area contributed by atoms with Gasteiger partial charge in [0.25, 0.3) is 0 Å². The Kier molecular flexibility index (Phi) is 5.64. The Morgan fingerprint density at radius 1 is 1.09 bits per heavy atom. The fraction of sp³-hybridized carbons (Fsp3) is 0.240. The third-order valence-corrected chi connectivity index (χ3v) is 5.89. The second kappa shape index (κ2) is 8.88. The summed E-state index contributed by atoms with van der Waals surface area (Å²) < 4.78 is 15.4. The van der Waals surface area contributed by atoms with Gasteiger partial charge in [0.05, 0.1) is 28.8 Å². The average Bonchev–Trinajstić information content (AvgIpc) is 3.24. The second-order valence-corrected chi connectivity index (χ2v) is 8.20. The van der Waals surface area contributed by atoms with Crippen LogP contribution >= 0.6 is 0 Å². The van der Waals surface area contributed by atoms with Crippen LogP contribution in [0.1, 0.15) is 18.4 Å². The molecule has 1 aliphatic rings. The standard InChI is InChI=1S/C25H24FN5O/c26-20-7-3-5-18(13-20)15-30-12-4-6-19(16-30)25(32)29-21-10-11-24(27-14-21)31-17-28-22-8-1-2-9-23(22)31/h1-3,5,7-11,13-14,17,19H,4,6,12,15-16H2,(H,29,32). The number of imidazole rings is 1. The Labute approximate surface area is 185 Å². The van der Waals surface area contributed by atoms with Crippen molar-refractivity contribution < 1.29 is 9.18 Å². The zero-order chi connectivity index (χ0) is 21.9. The van der Waals surface area contributed by atoms with Gasteiger partial charge < -0.3 is 5.32 Å². The zero-order valence-corrected chi connectivity index (χ0v) is 17.6. The number of piperidine rings is 1. The van der Waals surface area contributed by atoms with Crippen molar-refractivity contribution in [1.29, 1.82) is 0 Å². The van der Waals surface area contributed by atoms with Gasteiger partial charge >= 0.3 is 0 Å². The van der Waals surface area contributed by atoms with Crippen LogP contribution in [0.25, 0.3) is 16.9 Å². The van der Waals surface area contributed by atoms with E-state index in [1.807, 2.05) is 47.0 Å². The van der Waals surface area contributed by atoms with Crippen LogP contribution in [0.5, 0.6) is 0 Å². The second-order valence-electron chi connectivity index (χ2n) is 8.20. The van der Waals surface area contributed by atoms with Crippen LogP contribution in [-0.4, -0.2) is 38.4 Å².